The predicted octanol–water partition coefficient (Wildman–Crippen LogP) is 2.98. The second-order valence-corrected chi connectivity index (χ2v) is 5.74. The van der Waals surface area contributed by atoms with E-state index in [-0.39, 0.29) is 17.5 Å². The maximum absolute atomic E-state index is 11.0. The minimum Gasteiger partial charge on any atom is -0.378 e. The molecule has 1 aliphatic rings. The van der Waals surface area contributed by atoms with Crippen molar-refractivity contribution < 1.29 is 4.92 Å². The molecule has 1 aromatic carbocycles. The molecule has 2 aromatic rings. The van der Waals surface area contributed by atoms with Crippen molar-refractivity contribution in [3.63, 3.8) is 0 Å². The van der Waals surface area contributed by atoms with Crippen molar-refractivity contribution in [1.29, 1.82) is 0 Å². The van der Waals surface area contributed by atoms with E-state index in [4.69, 9.17) is 5.73 Å². The van der Waals surface area contributed by atoms with Crippen LogP contribution in [-0.4, -0.2) is 14.7 Å². The zero-order valence-electron chi connectivity index (χ0n) is 10.8. The third-order valence-electron chi connectivity index (χ3n) is 3.75. The molecule has 104 valence electrons. The zero-order valence-corrected chi connectivity index (χ0v) is 12.4. The number of halogens is 1. The Morgan fingerprint density at radius 2 is 2.30 bits per heavy atom. The highest BCUT2D eigenvalue weighted by atomic mass is 79.9. The highest BCUT2D eigenvalue weighted by molar-refractivity contribution is 9.10. The monoisotopic (exact) mass is 336 g/mol. The van der Waals surface area contributed by atoms with Crippen LogP contribution in [0.3, 0.4) is 0 Å². The summed E-state index contributed by atoms with van der Waals surface area (Å²) in [6.07, 6.45) is 1.76. The third-order valence-corrected chi connectivity index (χ3v) is 4.49. The Morgan fingerprint density at radius 1 is 1.55 bits per heavy atom. The van der Waals surface area contributed by atoms with Crippen LogP contribution in [0.15, 0.2) is 22.7 Å². The molecular weight excluding hydrogens is 324 g/mol. The molecule has 1 unspecified atom stereocenters. The molecule has 0 spiro atoms. The summed E-state index contributed by atoms with van der Waals surface area (Å²) in [7, 11) is 0. The van der Waals surface area contributed by atoms with Gasteiger partial charge in [-0.25, -0.2) is 4.68 Å². The lowest BCUT2D eigenvalue weighted by Crippen LogP contribution is -2.12. The average molecular weight is 337 g/mol. The van der Waals surface area contributed by atoms with Gasteiger partial charge in [-0.2, -0.15) is 5.10 Å². The number of nitro groups is 1. The van der Waals surface area contributed by atoms with Gasteiger partial charge in [-0.1, -0.05) is 28.1 Å². The van der Waals surface area contributed by atoms with Crippen molar-refractivity contribution in [3.8, 4) is 0 Å². The Bertz CT molecular complexity index is 711. The molecule has 2 N–H and O–H groups in total. The molecule has 0 radical (unpaired) electrons. The third kappa shape index (κ3) is 1.81. The van der Waals surface area contributed by atoms with Crippen molar-refractivity contribution in [2.75, 3.05) is 5.73 Å². The first-order chi connectivity index (χ1) is 9.50. The van der Waals surface area contributed by atoms with Crippen LogP contribution in [0.4, 0.5) is 11.5 Å². The summed E-state index contributed by atoms with van der Waals surface area (Å²) in [4.78, 5) is 10.6. The molecule has 0 saturated heterocycles. The van der Waals surface area contributed by atoms with E-state index in [1.807, 2.05) is 18.2 Å². The van der Waals surface area contributed by atoms with E-state index in [0.29, 0.717) is 5.69 Å². The van der Waals surface area contributed by atoms with Crippen LogP contribution in [0, 0.1) is 17.0 Å². The van der Waals surface area contributed by atoms with Gasteiger partial charge in [0.05, 0.1) is 11.0 Å². The van der Waals surface area contributed by atoms with Gasteiger partial charge in [0.15, 0.2) is 0 Å². The van der Waals surface area contributed by atoms with E-state index in [1.165, 1.54) is 5.56 Å². The Morgan fingerprint density at radius 3 is 2.95 bits per heavy atom. The van der Waals surface area contributed by atoms with Gasteiger partial charge < -0.3 is 5.73 Å². The standard InChI is InChI=1S/C13H13BrN4O2/c1-7-12(18(19)20)13(15)17(16-7)11-6-5-8-9(11)3-2-4-10(8)14/h2-4,11H,5-6,15H2,1H3. The number of rotatable bonds is 2. The number of anilines is 1. The normalized spacial score (nSPS) is 17.2. The average Bonchev–Trinajstić information content (AvgIpc) is 2.91. The topological polar surface area (TPSA) is 87.0 Å². The molecule has 3 rings (SSSR count). The summed E-state index contributed by atoms with van der Waals surface area (Å²) >= 11 is 3.54. The van der Waals surface area contributed by atoms with Crippen LogP contribution in [-0.2, 0) is 6.42 Å². The summed E-state index contributed by atoms with van der Waals surface area (Å²) in [5.74, 6) is 0.130. The number of benzene rings is 1. The van der Waals surface area contributed by atoms with E-state index in [0.717, 1.165) is 22.9 Å². The van der Waals surface area contributed by atoms with Crippen molar-refractivity contribution in [2.24, 2.45) is 0 Å². The van der Waals surface area contributed by atoms with Gasteiger partial charge in [-0.15, -0.1) is 0 Å². The summed E-state index contributed by atoms with van der Waals surface area (Å²) in [6, 6.07) is 5.96. The fourth-order valence-corrected chi connectivity index (χ4v) is 3.44. The summed E-state index contributed by atoms with van der Waals surface area (Å²) in [6.45, 7) is 1.61. The molecule has 0 aliphatic heterocycles. The van der Waals surface area contributed by atoms with Gasteiger partial charge in [0.1, 0.15) is 5.69 Å². The van der Waals surface area contributed by atoms with E-state index in [9.17, 15) is 10.1 Å². The molecule has 0 fully saturated rings. The lowest BCUT2D eigenvalue weighted by Gasteiger charge is -2.13. The highest BCUT2D eigenvalue weighted by Crippen LogP contribution is 2.40. The number of aromatic nitrogens is 2. The van der Waals surface area contributed by atoms with Gasteiger partial charge in [0, 0.05) is 4.47 Å². The van der Waals surface area contributed by atoms with Gasteiger partial charge in [0.25, 0.3) is 0 Å². The lowest BCUT2D eigenvalue weighted by atomic mass is 10.1. The largest absolute Gasteiger partial charge is 0.378 e. The Hall–Kier alpha value is -1.89. The molecule has 1 atom stereocenters. The van der Waals surface area contributed by atoms with E-state index < -0.39 is 4.92 Å². The van der Waals surface area contributed by atoms with E-state index in [2.05, 4.69) is 21.0 Å². The first-order valence-electron chi connectivity index (χ1n) is 6.27. The molecule has 1 heterocycles. The Balaban J connectivity index is 2.12. The molecule has 1 aromatic heterocycles. The quantitative estimate of drug-likeness (QED) is 0.674. The van der Waals surface area contributed by atoms with Crippen LogP contribution in [0.2, 0.25) is 0 Å². The molecule has 20 heavy (non-hydrogen) atoms. The molecule has 7 heteroatoms. The number of hydrogen-bond acceptors (Lipinski definition) is 4. The van der Waals surface area contributed by atoms with Gasteiger partial charge in [-0.05, 0) is 37.0 Å². The summed E-state index contributed by atoms with van der Waals surface area (Å²) in [5.41, 5.74) is 8.55. The van der Waals surface area contributed by atoms with Crippen molar-refractivity contribution in [3.05, 3.63) is 49.6 Å². The molecule has 1 aliphatic carbocycles. The number of nitrogens with two attached hydrogens (primary N) is 1. The zero-order chi connectivity index (χ0) is 14.4. The number of nitrogens with zero attached hydrogens (tertiary/aromatic N) is 3. The smallest absolute Gasteiger partial charge is 0.333 e. The number of fused-ring (bicyclic) bond motifs is 1. The van der Waals surface area contributed by atoms with Crippen LogP contribution >= 0.6 is 15.9 Å². The maximum atomic E-state index is 11.0. The van der Waals surface area contributed by atoms with E-state index in [1.54, 1.807) is 11.6 Å². The van der Waals surface area contributed by atoms with Crippen LogP contribution in [0.5, 0.6) is 0 Å². The highest BCUT2D eigenvalue weighted by Gasteiger charge is 2.32. The van der Waals surface area contributed by atoms with Crippen LogP contribution in [0.25, 0.3) is 0 Å². The minimum atomic E-state index is -0.467. The van der Waals surface area contributed by atoms with Gasteiger partial charge in [0.2, 0.25) is 5.82 Å². The predicted molar refractivity (Wildman–Crippen MR) is 78.6 cm³/mol. The van der Waals surface area contributed by atoms with Crippen molar-refractivity contribution in [2.45, 2.75) is 25.8 Å². The number of hydrogen-bond donors (Lipinski definition) is 1. The molecule has 0 saturated carbocycles. The van der Waals surface area contributed by atoms with E-state index >= 15 is 0 Å². The Labute approximate surface area is 123 Å². The van der Waals surface area contributed by atoms with Crippen molar-refractivity contribution >= 4 is 27.4 Å². The van der Waals surface area contributed by atoms with Gasteiger partial charge >= 0.3 is 5.69 Å². The second kappa shape index (κ2) is 4.59. The molecule has 0 amide bonds. The second-order valence-electron chi connectivity index (χ2n) is 4.88. The number of aryl methyl sites for hydroxylation is 1. The molecule has 0 bridgehead atoms. The first-order valence-corrected chi connectivity index (χ1v) is 7.06. The summed E-state index contributed by atoms with van der Waals surface area (Å²) in [5, 5.41) is 15.3. The fourth-order valence-electron chi connectivity index (χ4n) is 2.86. The lowest BCUT2D eigenvalue weighted by molar-refractivity contribution is -0.384. The van der Waals surface area contributed by atoms with Crippen LogP contribution < -0.4 is 5.73 Å². The minimum absolute atomic E-state index is 0.0325. The number of nitrogen functional groups attached to an aromatic ring is 1. The fraction of sp³-hybridized carbons (Fsp3) is 0.308. The van der Waals surface area contributed by atoms with Crippen molar-refractivity contribution in [1.82, 2.24) is 9.78 Å². The molecule has 6 nitrogen and oxygen atoms in total. The Kier molecular flexibility index (Phi) is 3.01. The van der Waals surface area contributed by atoms with Gasteiger partial charge in [-0.3, -0.25) is 10.1 Å². The molecular formula is C13H13BrN4O2. The SMILES string of the molecule is Cc1nn(C2CCc3c(Br)cccc32)c(N)c1[N+](=O)[O-]. The maximum Gasteiger partial charge on any atom is 0.333 e. The summed E-state index contributed by atoms with van der Waals surface area (Å²) < 4.78 is 2.65. The first kappa shape index (κ1) is 13.1. The van der Waals surface area contributed by atoms with Crippen LogP contribution in [0.1, 0.15) is 29.3 Å².